The van der Waals surface area contributed by atoms with Gasteiger partial charge >= 0.3 is 0 Å². The molecule has 1 aliphatic rings. The number of hydrogen-bond donors (Lipinski definition) is 1. The molecule has 3 unspecified atom stereocenters. The van der Waals surface area contributed by atoms with Gasteiger partial charge in [-0.05, 0) is 50.8 Å². The Hall–Kier alpha value is 0.580. The lowest BCUT2D eigenvalue weighted by molar-refractivity contribution is 0.0322. The van der Waals surface area contributed by atoms with Gasteiger partial charge in [0, 0.05) is 21.9 Å². The van der Waals surface area contributed by atoms with Gasteiger partial charge in [-0.25, -0.2) is 0 Å². The number of hydrogen-bond acceptors (Lipinski definition) is 3. The monoisotopic (exact) mass is 368 g/mol. The van der Waals surface area contributed by atoms with Crippen molar-refractivity contribution < 1.29 is 9.84 Å². The summed E-state index contributed by atoms with van der Waals surface area (Å²) in [7, 11) is 0. The van der Waals surface area contributed by atoms with Crippen molar-refractivity contribution in [1.29, 1.82) is 0 Å². The summed E-state index contributed by atoms with van der Waals surface area (Å²) >= 11 is 8.49. The quantitative estimate of drug-likeness (QED) is 0.868. The van der Waals surface area contributed by atoms with E-state index < -0.39 is 6.10 Å². The first-order valence-corrected chi connectivity index (χ1v) is 7.78. The standard InChI is InChI=1S/C11H14Br2O2S/c1-2-8-6(3-4-15-8)10(14)9-5-7(12)11(13)16-9/h5-6,8,10,14H,2-4H2,1H3. The topological polar surface area (TPSA) is 29.5 Å². The fourth-order valence-corrected chi connectivity index (χ4v) is 4.32. The van der Waals surface area contributed by atoms with E-state index in [1.54, 1.807) is 11.3 Å². The number of ether oxygens (including phenoxy) is 1. The largest absolute Gasteiger partial charge is 0.387 e. The third kappa shape index (κ3) is 2.53. The van der Waals surface area contributed by atoms with Crippen LogP contribution in [0.1, 0.15) is 30.7 Å². The van der Waals surface area contributed by atoms with E-state index in [0.717, 1.165) is 32.6 Å². The SMILES string of the molecule is CCC1OCCC1C(O)c1cc(Br)c(Br)s1. The maximum Gasteiger partial charge on any atom is 0.0936 e. The van der Waals surface area contributed by atoms with Crippen molar-refractivity contribution >= 4 is 43.2 Å². The van der Waals surface area contributed by atoms with Crippen LogP contribution in [0.4, 0.5) is 0 Å². The highest BCUT2D eigenvalue weighted by atomic mass is 79.9. The normalized spacial score (nSPS) is 27.2. The van der Waals surface area contributed by atoms with Crippen LogP contribution in [0.3, 0.4) is 0 Å². The highest BCUT2D eigenvalue weighted by Crippen LogP contribution is 2.41. The highest BCUT2D eigenvalue weighted by Gasteiger charge is 2.34. The predicted octanol–water partition coefficient (Wildman–Crippen LogP) is 4.12. The molecular formula is C11H14Br2O2S. The van der Waals surface area contributed by atoms with E-state index in [1.165, 1.54) is 0 Å². The van der Waals surface area contributed by atoms with Gasteiger partial charge in [0.2, 0.25) is 0 Å². The maximum absolute atomic E-state index is 10.3. The van der Waals surface area contributed by atoms with E-state index in [4.69, 9.17) is 4.74 Å². The van der Waals surface area contributed by atoms with Crippen LogP contribution in [-0.4, -0.2) is 17.8 Å². The molecule has 1 saturated heterocycles. The molecule has 2 nitrogen and oxygen atoms in total. The highest BCUT2D eigenvalue weighted by molar-refractivity contribution is 9.13. The Labute approximate surface area is 116 Å². The molecule has 2 heterocycles. The Morgan fingerprint density at radius 3 is 2.94 bits per heavy atom. The molecule has 1 N–H and O–H groups in total. The molecule has 3 atom stereocenters. The second kappa shape index (κ2) is 5.48. The minimum absolute atomic E-state index is 0.203. The molecule has 90 valence electrons. The maximum atomic E-state index is 10.3. The van der Waals surface area contributed by atoms with E-state index in [-0.39, 0.29) is 12.0 Å². The smallest absolute Gasteiger partial charge is 0.0936 e. The van der Waals surface area contributed by atoms with Gasteiger partial charge in [0.1, 0.15) is 0 Å². The first-order chi connectivity index (χ1) is 7.63. The number of rotatable bonds is 3. The predicted molar refractivity (Wildman–Crippen MR) is 72.8 cm³/mol. The van der Waals surface area contributed by atoms with Crippen LogP contribution in [0.5, 0.6) is 0 Å². The van der Waals surface area contributed by atoms with Gasteiger partial charge in [-0.2, -0.15) is 0 Å². The second-order valence-corrected chi connectivity index (χ2v) is 7.24. The summed E-state index contributed by atoms with van der Waals surface area (Å²) in [6.07, 6.45) is 1.72. The minimum atomic E-state index is -0.403. The number of halogens is 2. The molecule has 1 aliphatic heterocycles. The number of aliphatic hydroxyl groups is 1. The Morgan fingerprint density at radius 1 is 1.62 bits per heavy atom. The molecule has 1 aromatic heterocycles. The van der Waals surface area contributed by atoms with Gasteiger partial charge in [0.15, 0.2) is 0 Å². The van der Waals surface area contributed by atoms with Crippen LogP contribution in [0, 0.1) is 5.92 Å². The summed E-state index contributed by atoms with van der Waals surface area (Å²) in [4.78, 5) is 1.01. The van der Waals surface area contributed by atoms with Crippen LogP contribution in [0.25, 0.3) is 0 Å². The van der Waals surface area contributed by atoms with Crippen molar-refractivity contribution in [2.24, 2.45) is 5.92 Å². The molecule has 2 rings (SSSR count). The molecule has 0 amide bonds. The molecular weight excluding hydrogens is 356 g/mol. The molecule has 0 aliphatic carbocycles. The Kier molecular flexibility index (Phi) is 4.46. The summed E-state index contributed by atoms with van der Waals surface area (Å²) in [6, 6.07) is 1.99. The molecule has 0 aromatic carbocycles. The van der Waals surface area contributed by atoms with E-state index in [2.05, 4.69) is 38.8 Å². The zero-order chi connectivity index (χ0) is 11.7. The lowest BCUT2D eigenvalue weighted by Crippen LogP contribution is -2.21. The lowest BCUT2D eigenvalue weighted by Gasteiger charge is -2.21. The molecule has 1 fully saturated rings. The first-order valence-electron chi connectivity index (χ1n) is 5.38. The van der Waals surface area contributed by atoms with Gasteiger partial charge < -0.3 is 9.84 Å². The average Bonchev–Trinajstić information content (AvgIpc) is 2.85. The Balaban J connectivity index is 2.14. The summed E-state index contributed by atoms with van der Waals surface area (Å²) in [5, 5.41) is 10.3. The third-order valence-electron chi connectivity index (χ3n) is 3.02. The zero-order valence-corrected chi connectivity index (χ0v) is 12.9. The number of thiophene rings is 1. The van der Waals surface area contributed by atoms with Crippen molar-refractivity contribution in [3.8, 4) is 0 Å². The van der Waals surface area contributed by atoms with Crippen LogP contribution >= 0.6 is 43.2 Å². The molecule has 0 saturated carbocycles. The molecule has 5 heteroatoms. The third-order valence-corrected chi connectivity index (χ3v) is 6.35. The van der Waals surface area contributed by atoms with Gasteiger partial charge in [0.25, 0.3) is 0 Å². The Bertz CT molecular complexity index is 347. The summed E-state index contributed by atoms with van der Waals surface area (Å²) in [6.45, 7) is 2.88. The van der Waals surface area contributed by atoms with E-state index in [9.17, 15) is 5.11 Å². The van der Waals surface area contributed by atoms with E-state index in [0.29, 0.717) is 0 Å². The Morgan fingerprint density at radius 2 is 2.38 bits per heavy atom. The summed E-state index contributed by atoms with van der Waals surface area (Å²) < 4.78 is 7.66. The lowest BCUT2D eigenvalue weighted by atomic mass is 9.92. The minimum Gasteiger partial charge on any atom is -0.387 e. The van der Waals surface area contributed by atoms with Gasteiger partial charge in [0.05, 0.1) is 16.0 Å². The fraction of sp³-hybridized carbons (Fsp3) is 0.636. The van der Waals surface area contributed by atoms with Crippen LogP contribution in [-0.2, 0) is 4.74 Å². The zero-order valence-electron chi connectivity index (χ0n) is 8.95. The summed E-state index contributed by atoms with van der Waals surface area (Å²) in [5.41, 5.74) is 0. The molecule has 0 radical (unpaired) electrons. The summed E-state index contributed by atoms with van der Waals surface area (Å²) in [5.74, 6) is 0.238. The van der Waals surface area contributed by atoms with Gasteiger partial charge in [-0.3, -0.25) is 0 Å². The van der Waals surface area contributed by atoms with Gasteiger partial charge in [-0.15, -0.1) is 11.3 Å². The van der Waals surface area contributed by atoms with Crippen molar-refractivity contribution in [1.82, 2.24) is 0 Å². The fourth-order valence-electron chi connectivity index (χ4n) is 2.17. The van der Waals surface area contributed by atoms with Crippen molar-refractivity contribution in [3.05, 3.63) is 19.2 Å². The van der Waals surface area contributed by atoms with Crippen molar-refractivity contribution in [3.63, 3.8) is 0 Å². The molecule has 0 bridgehead atoms. The van der Waals surface area contributed by atoms with Gasteiger partial charge in [-0.1, -0.05) is 6.92 Å². The number of aliphatic hydroxyl groups excluding tert-OH is 1. The van der Waals surface area contributed by atoms with Crippen LogP contribution in [0.15, 0.2) is 14.3 Å². The van der Waals surface area contributed by atoms with Crippen molar-refractivity contribution in [2.45, 2.75) is 32.0 Å². The van der Waals surface area contributed by atoms with E-state index >= 15 is 0 Å². The molecule has 0 spiro atoms. The second-order valence-electron chi connectivity index (χ2n) is 3.99. The van der Waals surface area contributed by atoms with E-state index in [1.807, 2.05) is 6.07 Å². The van der Waals surface area contributed by atoms with Crippen LogP contribution in [0.2, 0.25) is 0 Å². The molecule has 16 heavy (non-hydrogen) atoms. The average molecular weight is 370 g/mol. The first kappa shape index (κ1) is 13.0. The van der Waals surface area contributed by atoms with Crippen LogP contribution < -0.4 is 0 Å². The van der Waals surface area contributed by atoms with Crippen molar-refractivity contribution in [2.75, 3.05) is 6.61 Å². The molecule has 1 aromatic rings.